The predicted molar refractivity (Wildman–Crippen MR) is 101 cm³/mol. The Balaban J connectivity index is 1.97. The second kappa shape index (κ2) is 7.66. The standard InChI is InChI=1S/C18H17ClN2O5S/c19-14-7-5-13(6-8-14)11-20(15-9-10-27(25,26)12-15)18(22)16-3-1-2-4-17(16)21(23)24/h1-8,15H,9-12H2. The predicted octanol–water partition coefficient (Wildman–Crippen LogP) is 3.08. The Bertz CT molecular complexity index is 976. The molecule has 27 heavy (non-hydrogen) atoms. The lowest BCUT2D eigenvalue weighted by molar-refractivity contribution is -0.385. The van der Waals surface area contributed by atoms with Crippen molar-refractivity contribution in [2.75, 3.05) is 11.5 Å². The third-order valence-electron chi connectivity index (χ3n) is 4.51. The number of nitrogens with zero attached hydrogens (tertiary/aromatic N) is 2. The molecule has 1 aliphatic heterocycles. The van der Waals surface area contributed by atoms with E-state index in [0.717, 1.165) is 5.56 Å². The third kappa shape index (κ3) is 4.45. The quantitative estimate of drug-likeness (QED) is 0.559. The average molecular weight is 409 g/mol. The number of nitro benzene ring substituents is 1. The number of hydrogen-bond donors (Lipinski definition) is 0. The lowest BCUT2D eigenvalue weighted by Gasteiger charge is -2.28. The van der Waals surface area contributed by atoms with Gasteiger partial charge in [-0.25, -0.2) is 8.42 Å². The van der Waals surface area contributed by atoms with Crippen molar-refractivity contribution in [2.24, 2.45) is 0 Å². The fourth-order valence-corrected chi connectivity index (χ4v) is 5.00. The van der Waals surface area contributed by atoms with E-state index in [9.17, 15) is 23.3 Å². The Morgan fingerprint density at radius 2 is 1.85 bits per heavy atom. The second-order valence-electron chi connectivity index (χ2n) is 6.39. The second-order valence-corrected chi connectivity index (χ2v) is 9.06. The molecule has 1 heterocycles. The summed E-state index contributed by atoms with van der Waals surface area (Å²) in [5.41, 5.74) is 0.404. The van der Waals surface area contributed by atoms with Gasteiger partial charge in [-0.2, -0.15) is 0 Å². The van der Waals surface area contributed by atoms with Gasteiger partial charge in [0.15, 0.2) is 9.84 Å². The maximum atomic E-state index is 13.1. The Kier molecular flexibility index (Phi) is 5.48. The average Bonchev–Trinajstić information content (AvgIpc) is 3.00. The number of carbonyl (C=O) groups is 1. The van der Waals surface area contributed by atoms with Crippen LogP contribution in [0.25, 0.3) is 0 Å². The van der Waals surface area contributed by atoms with Crippen LogP contribution in [0.2, 0.25) is 5.02 Å². The van der Waals surface area contributed by atoms with Gasteiger partial charge in [-0.3, -0.25) is 14.9 Å². The molecule has 9 heteroatoms. The van der Waals surface area contributed by atoms with Crippen LogP contribution in [-0.4, -0.2) is 41.7 Å². The summed E-state index contributed by atoms with van der Waals surface area (Å²) < 4.78 is 23.8. The lowest BCUT2D eigenvalue weighted by atomic mass is 10.1. The van der Waals surface area contributed by atoms with Gasteiger partial charge in [-0.1, -0.05) is 35.9 Å². The van der Waals surface area contributed by atoms with Gasteiger partial charge in [0, 0.05) is 23.7 Å². The van der Waals surface area contributed by atoms with Gasteiger partial charge in [0.1, 0.15) is 5.56 Å². The molecule has 1 aliphatic rings. The summed E-state index contributed by atoms with van der Waals surface area (Å²) in [6.45, 7) is 0.141. The number of nitro groups is 1. The van der Waals surface area contributed by atoms with Crippen LogP contribution in [0.3, 0.4) is 0 Å². The first-order chi connectivity index (χ1) is 12.8. The zero-order valence-electron chi connectivity index (χ0n) is 14.2. The van der Waals surface area contributed by atoms with Crippen molar-refractivity contribution in [2.45, 2.75) is 19.0 Å². The van der Waals surface area contributed by atoms with E-state index in [4.69, 9.17) is 11.6 Å². The number of halogens is 1. The molecule has 0 aliphatic carbocycles. The summed E-state index contributed by atoms with van der Waals surface area (Å²) in [6, 6.07) is 12.0. The van der Waals surface area contributed by atoms with E-state index in [-0.39, 0.29) is 29.3 Å². The van der Waals surface area contributed by atoms with Crippen molar-refractivity contribution in [3.05, 3.63) is 74.8 Å². The highest BCUT2D eigenvalue weighted by molar-refractivity contribution is 7.91. The summed E-state index contributed by atoms with van der Waals surface area (Å²) in [5, 5.41) is 11.8. The summed E-state index contributed by atoms with van der Waals surface area (Å²) >= 11 is 5.89. The van der Waals surface area contributed by atoms with Gasteiger partial charge < -0.3 is 4.90 Å². The number of benzene rings is 2. The van der Waals surface area contributed by atoms with E-state index >= 15 is 0 Å². The zero-order valence-corrected chi connectivity index (χ0v) is 15.8. The van der Waals surface area contributed by atoms with Crippen molar-refractivity contribution in [1.29, 1.82) is 0 Å². The Morgan fingerprint density at radius 3 is 2.44 bits per heavy atom. The van der Waals surface area contributed by atoms with Crippen LogP contribution in [0.5, 0.6) is 0 Å². The summed E-state index contributed by atoms with van der Waals surface area (Å²) in [4.78, 5) is 25.2. The highest BCUT2D eigenvalue weighted by Gasteiger charge is 2.36. The molecule has 0 radical (unpaired) electrons. The number of para-hydroxylation sites is 1. The highest BCUT2D eigenvalue weighted by Crippen LogP contribution is 2.26. The van der Waals surface area contributed by atoms with Gasteiger partial charge in [-0.05, 0) is 30.2 Å². The fourth-order valence-electron chi connectivity index (χ4n) is 3.14. The summed E-state index contributed by atoms with van der Waals surface area (Å²) in [6.07, 6.45) is 0.308. The van der Waals surface area contributed by atoms with Crippen LogP contribution in [0.1, 0.15) is 22.3 Å². The Hall–Kier alpha value is -2.45. The minimum absolute atomic E-state index is 0.00104. The van der Waals surface area contributed by atoms with E-state index in [2.05, 4.69) is 0 Å². The minimum atomic E-state index is -3.23. The lowest BCUT2D eigenvalue weighted by Crippen LogP contribution is -2.40. The molecule has 1 atom stereocenters. The topological polar surface area (TPSA) is 97.6 Å². The van der Waals surface area contributed by atoms with E-state index in [1.165, 1.54) is 23.1 Å². The fraction of sp³-hybridized carbons (Fsp3) is 0.278. The molecule has 1 saturated heterocycles. The van der Waals surface area contributed by atoms with Crippen molar-refractivity contribution in [3.8, 4) is 0 Å². The van der Waals surface area contributed by atoms with Crippen LogP contribution < -0.4 is 0 Å². The SMILES string of the molecule is O=C(c1ccccc1[N+](=O)[O-])N(Cc1ccc(Cl)cc1)C1CCS(=O)(=O)C1. The maximum Gasteiger partial charge on any atom is 0.282 e. The molecule has 2 aromatic carbocycles. The number of hydrogen-bond acceptors (Lipinski definition) is 5. The zero-order chi connectivity index (χ0) is 19.6. The van der Waals surface area contributed by atoms with Gasteiger partial charge >= 0.3 is 0 Å². The van der Waals surface area contributed by atoms with Crippen LogP contribution in [0.4, 0.5) is 5.69 Å². The third-order valence-corrected chi connectivity index (χ3v) is 6.51. The van der Waals surface area contributed by atoms with E-state index in [1.54, 1.807) is 30.3 Å². The summed E-state index contributed by atoms with van der Waals surface area (Å²) in [7, 11) is -3.23. The number of sulfone groups is 1. The molecule has 0 spiro atoms. The van der Waals surface area contributed by atoms with Gasteiger partial charge in [0.2, 0.25) is 0 Å². The molecule has 1 unspecified atom stereocenters. The Labute approximate surface area is 161 Å². The first-order valence-corrected chi connectivity index (χ1v) is 10.5. The molecule has 3 rings (SSSR count). The maximum absolute atomic E-state index is 13.1. The van der Waals surface area contributed by atoms with Crippen molar-refractivity contribution >= 4 is 33.0 Å². The molecule has 1 amide bonds. The molecule has 142 valence electrons. The van der Waals surface area contributed by atoms with Gasteiger partial charge in [-0.15, -0.1) is 0 Å². The van der Waals surface area contributed by atoms with Crippen molar-refractivity contribution < 1.29 is 18.1 Å². The Morgan fingerprint density at radius 1 is 1.19 bits per heavy atom. The molecule has 0 saturated carbocycles. The first kappa shape index (κ1) is 19.3. The van der Waals surface area contributed by atoms with E-state index < -0.39 is 26.7 Å². The molecule has 2 aromatic rings. The molecule has 0 bridgehead atoms. The van der Waals surface area contributed by atoms with Crippen molar-refractivity contribution in [3.63, 3.8) is 0 Å². The van der Waals surface area contributed by atoms with Gasteiger partial charge in [0.25, 0.3) is 11.6 Å². The monoisotopic (exact) mass is 408 g/mol. The van der Waals surface area contributed by atoms with Gasteiger partial charge in [0.05, 0.1) is 16.4 Å². The molecule has 1 fully saturated rings. The number of rotatable bonds is 5. The van der Waals surface area contributed by atoms with Crippen molar-refractivity contribution in [1.82, 2.24) is 4.90 Å². The van der Waals surface area contributed by atoms with Crippen LogP contribution in [0.15, 0.2) is 48.5 Å². The minimum Gasteiger partial charge on any atom is -0.330 e. The molecule has 0 N–H and O–H groups in total. The first-order valence-electron chi connectivity index (χ1n) is 8.26. The number of amides is 1. The van der Waals surface area contributed by atoms with Crippen LogP contribution in [0, 0.1) is 10.1 Å². The normalized spacial score (nSPS) is 18.2. The number of carbonyl (C=O) groups excluding carboxylic acids is 1. The molecule has 7 nitrogen and oxygen atoms in total. The van der Waals surface area contributed by atoms with E-state index in [0.29, 0.717) is 11.4 Å². The van der Waals surface area contributed by atoms with Crippen LogP contribution >= 0.6 is 11.6 Å². The molecular formula is C18H17ClN2O5S. The summed E-state index contributed by atoms with van der Waals surface area (Å²) in [5.74, 6) is -0.703. The van der Waals surface area contributed by atoms with Crippen LogP contribution in [-0.2, 0) is 16.4 Å². The smallest absolute Gasteiger partial charge is 0.282 e. The largest absolute Gasteiger partial charge is 0.330 e. The molecular weight excluding hydrogens is 392 g/mol. The highest BCUT2D eigenvalue weighted by atomic mass is 35.5. The molecule has 0 aromatic heterocycles. The van der Waals surface area contributed by atoms with E-state index in [1.807, 2.05) is 0 Å².